The van der Waals surface area contributed by atoms with Gasteiger partial charge >= 0.3 is 0 Å². The minimum Gasteiger partial charge on any atom is -0.256 e. The first-order valence-corrected chi connectivity index (χ1v) is 6.56. The smallest absolute Gasteiger partial charge is 0.243 e. The minimum absolute atomic E-state index is 0.0858. The fraction of sp³-hybridized carbons (Fsp3) is 0.200. The summed E-state index contributed by atoms with van der Waals surface area (Å²) in [5.41, 5.74) is 0. The molecule has 8 heteroatoms. The van der Waals surface area contributed by atoms with Crippen LogP contribution < -0.4 is 4.72 Å². The highest BCUT2D eigenvalue weighted by atomic mass is 32.2. The molecule has 96 valence electrons. The van der Waals surface area contributed by atoms with Gasteiger partial charge in [0.2, 0.25) is 10.0 Å². The maximum atomic E-state index is 13.4. The third kappa shape index (κ3) is 2.71. The number of halogens is 1. The molecule has 0 bridgehead atoms. The number of rotatable bonds is 4. The zero-order valence-electron chi connectivity index (χ0n) is 9.54. The normalized spacial score (nSPS) is 11.7. The average molecular weight is 270 g/mol. The van der Waals surface area contributed by atoms with Gasteiger partial charge in [-0.2, -0.15) is 5.10 Å². The highest BCUT2D eigenvalue weighted by Crippen LogP contribution is 2.13. The molecule has 0 fully saturated rings. The largest absolute Gasteiger partial charge is 0.256 e. The van der Waals surface area contributed by atoms with Gasteiger partial charge in [-0.1, -0.05) is 12.1 Å². The first-order valence-electron chi connectivity index (χ1n) is 5.08. The van der Waals surface area contributed by atoms with Crippen molar-refractivity contribution in [3.05, 3.63) is 42.2 Å². The van der Waals surface area contributed by atoms with Crippen molar-refractivity contribution in [3.8, 4) is 0 Å². The Hall–Kier alpha value is -1.80. The summed E-state index contributed by atoms with van der Waals surface area (Å²) in [4.78, 5) is 3.48. The Morgan fingerprint density at radius 1 is 1.39 bits per heavy atom. The molecule has 1 N–H and O–H groups in total. The molecule has 0 unspecified atom stereocenters. The molecule has 0 atom stereocenters. The van der Waals surface area contributed by atoms with Gasteiger partial charge in [-0.15, -0.1) is 0 Å². The van der Waals surface area contributed by atoms with Crippen LogP contribution in [0.4, 0.5) is 4.39 Å². The molecule has 2 rings (SSSR count). The molecular formula is C10H11FN4O2S. The third-order valence-electron chi connectivity index (χ3n) is 2.19. The van der Waals surface area contributed by atoms with Crippen molar-refractivity contribution >= 4 is 10.0 Å². The van der Waals surface area contributed by atoms with E-state index in [0.29, 0.717) is 5.82 Å². The lowest BCUT2D eigenvalue weighted by Gasteiger charge is -2.05. The van der Waals surface area contributed by atoms with Gasteiger partial charge in [0.25, 0.3) is 0 Å². The molecule has 0 radical (unpaired) electrons. The first-order chi connectivity index (χ1) is 8.49. The number of nitrogens with zero attached hydrogens (tertiary/aromatic N) is 3. The quantitative estimate of drug-likeness (QED) is 0.874. The summed E-state index contributed by atoms with van der Waals surface area (Å²) in [6.07, 6.45) is 1.45. The Labute approximate surface area is 104 Å². The predicted molar refractivity (Wildman–Crippen MR) is 61.4 cm³/mol. The number of aryl methyl sites for hydroxylation is 1. The van der Waals surface area contributed by atoms with Crippen molar-refractivity contribution in [1.82, 2.24) is 19.5 Å². The Morgan fingerprint density at radius 3 is 2.72 bits per heavy atom. The highest BCUT2D eigenvalue weighted by Gasteiger charge is 2.18. The van der Waals surface area contributed by atoms with Crippen LogP contribution in [0, 0.1) is 5.82 Å². The topological polar surface area (TPSA) is 76.9 Å². The van der Waals surface area contributed by atoms with Crippen LogP contribution in [0.5, 0.6) is 0 Å². The zero-order valence-corrected chi connectivity index (χ0v) is 10.4. The van der Waals surface area contributed by atoms with Crippen LogP contribution >= 0.6 is 0 Å². The summed E-state index contributed by atoms with van der Waals surface area (Å²) in [6, 6.07) is 5.17. The number of benzene rings is 1. The number of nitrogens with one attached hydrogen (secondary N) is 1. The van der Waals surface area contributed by atoms with E-state index in [1.54, 1.807) is 7.05 Å². The third-order valence-corrected chi connectivity index (χ3v) is 3.63. The van der Waals surface area contributed by atoms with Gasteiger partial charge in [-0.25, -0.2) is 22.5 Å². The monoisotopic (exact) mass is 270 g/mol. The van der Waals surface area contributed by atoms with Gasteiger partial charge in [0, 0.05) is 7.05 Å². The van der Waals surface area contributed by atoms with Crippen LogP contribution in [0.15, 0.2) is 35.5 Å². The second-order valence-electron chi connectivity index (χ2n) is 3.59. The molecule has 0 spiro atoms. The van der Waals surface area contributed by atoms with E-state index in [1.165, 1.54) is 29.2 Å². The Bertz CT molecular complexity index is 653. The molecule has 6 nitrogen and oxygen atoms in total. The molecule has 0 aliphatic carbocycles. The number of sulfonamides is 1. The van der Waals surface area contributed by atoms with Crippen LogP contribution in [0.2, 0.25) is 0 Å². The van der Waals surface area contributed by atoms with Crippen molar-refractivity contribution < 1.29 is 12.8 Å². The molecule has 0 saturated heterocycles. The number of hydrogen-bond acceptors (Lipinski definition) is 4. The molecule has 2 aromatic rings. The molecule has 0 aliphatic heterocycles. The summed E-state index contributed by atoms with van der Waals surface area (Å²) in [7, 11) is -2.23. The SMILES string of the molecule is Cn1cnc(CNS(=O)(=O)c2ccccc2F)n1. The van der Waals surface area contributed by atoms with Crippen LogP contribution in [-0.2, 0) is 23.6 Å². The standard InChI is InChI=1S/C10H11FN4O2S/c1-15-7-12-10(14-15)6-13-18(16,17)9-5-3-2-4-8(9)11/h2-5,7,13H,6H2,1H3. The number of aromatic nitrogens is 3. The van der Waals surface area contributed by atoms with Crippen LogP contribution in [0.1, 0.15) is 5.82 Å². The lowest BCUT2D eigenvalue weighted by atomic mass is 10.4. The Morgan fingerprint density at radius 2 is 2.11 bits per heavy atom. The van der Waals surface area contributed by atoms with Crippen LogP contribution in [0.25, 0.3) is 0 Å². The maximum absolute atomic E-state index is 13.4. The van der Waals surface area contributed by atoms with Crippen LogP contribution in [0.3, 0.4) is 0 Å². The Balaban J connectivity index is 2.16. The molecule has 0 saturated carbocycles. The summed E-state index contributed by atoms with van der Waals surface area (Å²) in [6.45, 7) is -0.0858. The molecule has 0 amide bonds. The van der Waals surface area contributed by atoms with Crippen molar-refractivity contribution in [3.63, 3.8) is 0 Å². The highest BCUT2D eigenvalue weighted by molar-refractivity contribution is 7.89. The van der Waals surface area contributed by atoms with E-state index in [9.17, 15) is 12.8 Å². The lowest BCUT2D eigenvalue weighted by molar-refractivity contribution is 0.555. The maximum Gasteiger partial charge on any atom is 0.243 e. The second-order valence-corrected chi connectivity index (χ2v) is 5.32. The van der Waals surface area contributed by atoms with E-state index in [2.05, 4.69) is 14.8 Å². The van der Waals surface area contributed by atoms with E-state index in [0.717, 1.165) is 6.07 Å². The summed E-state index contributed by atoms with van der Waals surface area (Å²) >= 11 is 0. The lowest BCUT2D eigenvalue weighted by Crippen LogP contribution is -2.24. The number of hydrogen-bond donors (Lipinski definition) is 1. The molecule has 1 heterocycles. The first kappa shape index (κ1) is 12.7. The van der Waals surface area contributed by atoms with Gasteiger partial charge in [-0.3, -0.25) is 4.68 Å². The fourth-order valence-electron chi connectivity index (χ4n) is 1.36. The van der Waals surface area contributed by atoms with Crippen LogP contribution in [-0.4, -0.2) is 23.2 Å². The Kier molecular flexibility index (Phi) is 3.39. The average Bonchev–Trinajstić information content (AvgIpc) is 2.73. The van der Waals surface area contributed by atoms with E-state index in [1.807, 2.05) is 0 Å². The second kappa shape index (κ2) is 4.83. The summed E-state index contributed by atoms with van der Waals surface area (Å²) < 4.78 is 40.7. The predicted octanol–water partition coefficient (Wildman–Crippen LogP) is 0.433. The van der Waals surface area contributed by atoms with Gasteiger partial charge in [0.15, 0.2) is 5.82 Å². The molecular weight excluding hydrogens is 259 g/mol. The van der Waals surface area contributed by atoms with E-state index < -0.39 is 15.8 Å². The fourth-order valence-corrected chi connectivity index (χ4v) is 2.42. The van der Waals surface area contributed by atoms with E-state index in [4.69, 9.17) is 0 Å². The van der Waals surface area contributed by atoms with Crippen molar-refractivity contribution in [2.24, 2.45) is 7.05 Å². The van der Waals surface area contributed by atoms with Crippen molar-refractivity contribution in [2.75, 3.05) is 0 Å². The van der Waals surface area contributed by atoms with Gasteiger partial charge in [0.05, 0.1) is 6.54 Å². The summed E-state index contributed by atoms with van der Waals surface area (Å²) in [5, 5.41) is 3.91. The van der Waals surface area contributed by atoms with Gasteiger partial charge in [0.1, 0.15) is 17.0 Å². The van der Waals surface area contributed by atoms with E-state index >= 15 is 0 Å². The minimum atomic E-state index is -3.89. The van der Waals surface area contributed by atoms with Gasteiger partial charge < -0.3 is 0 Å². The van der Waals surface area contributed by atoms with E-state index in [-0.39, 0.29) is 11.4 Å². The molecule has 0 aliphatic rings. The van der Waals surface area contributed by atoms with Gasteiger partial charge in [-0.05, 0) is 12.1 Å². The molecule has 18 heavy (non-hydrogen) atoms. The zero-order chi connectivity index (χ0) is 13.2. The van der Waals surface area contributed by atoms with Crippen molar-refractivity contribution in [2.45, 2.75) is 11.4 Å². The molecule has 1 aromatic carbocycles. The molecule has 1 aromatic heterocycles. The van der Waals surface area contributed by atoms with Crippen molar-refractivity contribution in [1.29, 1.82) is 0 Å². The summed E-state index contributed by atoms with van der Waals surface area (Å²) in [5.74, 6) is -0.476.